The third kappa shape index (κ3) is 5.48. The fourth-order valence-corrected chi connectivity index (χ4v) is 9.13. The molecule has 0 atom stereocenters. The molecule has 11 aromatic rings. The van der Waals surface area contributed by atoms with E-state index in [4.69, 9.17) is 15.0 Å². The van der Waals surface area contributed by atoms with Crippen LogP contribution in [0.2, 0.25) is 0 Å². The molecule has 8 aromatic carbocycles. The molecule has 0 aliphatic heterocycles. The minimum absolute atomic E-state index is 0.661. The van der Waals surface area contributed by atoms with Gasteiger partial charge in [-0.2, -0.15) is 0 Å². The molecule has 0 aliphatic rings. The molecule has 56 heavy (non-hydrogen) atoms. The highest BCUT2D eigenvalue weighted by molar-refractivity contribution is 7.25. The lowest BCUT2D eigenvalue weighted by molar-refractivity contribution is 1.07. The first-order valence-corrected chi connectivity index (χ1v) is 19.6. The lowest BCUT2D eigenvalue weighted by Gasteiger charge is -2.12. The van der Waals surface area contributed by atoms with Crippen LogP contribution in [0.3, 0.4) is 0 Å². The average Bonchev–Trinajstić information content (AvgIpc) is 3.81. The first-order valence-electron chi connectivity index (χ1n) is 18.8. The predicted octanol–water partition coefficient (Wildman–Crippen LogP) is 13.7. The van der Waals surface area contributed by atoms with Gasteiger partial charge in [0.05, 0.1) is 11.0 Å². The number of fused-ring (bicyclic) bond motifs is 6. The molecule has 0 spiro atoms. The molecule has 0 fully saturated rings. The third-order valence-corrected chi connectivity index (χ3v) is 11.8. The monoisotopic (exact) mass is 732 g/mol. The van der Waals surface area contributed by atoms with Crippen LogP contribution in [0.25, 0.3) is 104 Å². The van der Waals surface area contributed by atoms with Gasteiger partial charge in [0, 0.05) is 53.3 Å². The number of benzene rings is 8. The zero-order chi connectivity index (χ0) is 37.0. The van der Waals surface area contributed by atoms with E-state index < -0.39 is 0 Å². The van der Waals surface area contributed by atoms with E-state index in [1.54, 1.807) is 0 Å². The van der Waals surface area contributed by atoms with Crippen molar-refractivity contribution < 1.29 is 0 Å². The van der Waals surface area contributed by atoms with Gasteiger partial charge in [0.25, 0.3) is 0 Å². The summed E-state index contributed by atoms with van der Waals surface area (Å²) in [6.45, 7) is 0. The molecular weight excluding hydrogens is 701 g/mol. The summed E-state index contributed by atoms with van der Waals surface area (Å²) in [5.41, 5.74) is 11.3. The topological polar surface area (TPSA) is 43.6 Å². The smallest absolute Gasteiger partial charge is 0.164 e. The summed E-state index contributed by atoms with van der Waals surface area (Å²) < 4.78 is 4.85. The molecule has 5 heteroatoms. The summed E-state index contributed by atoms with van der Waals surface area (Å²) in [5, 5.41) is 4.92. The van der Waals surface area contributed by atoms with Crippen LogP contribution in [0.5, 0.6) is 0 Å². The van der Waals surface area contributed by atoms with Gasteiger partial charge in [-0.3, -0.25) is 0 Å². The largest absolute Gasteiger partial charge is 0.309 e. The third-order valence-electron chi connectivity index (χ3n) is 10.7. The first kappa shape index (κ1) is 32.2. The molecule has 0 bridgehead atoms. The van der Waals surface area contributed by atoms with Crippen molar-refractivity contribution >= 4 is 53.3 Å². The maximum Gasteiger partial charge on any atom is 0.164 e. The van der Waals surface area contributed by atoms with Gasteiger partial charge in [0.1, 0.15) is 0 Å². The quantitative estimate of drug-likeness (QED) is 0.171. The fraction of sp³-hybridized carbons (Fsp3) is 0. The molecule has 3 heterocycles. The SMILES string of the molecule is c1ccc(-c2nc(-c3ccccc3)nc(-c3ccc4sc5cc(-c6ccccc6-c6ccc7c(c6)c6ccccc6n7-c6ccccc6)ccc5c4c3)n2)cc1. The van der Waals surface area contributed by atoms with Gasteiger partial charge in [0.2, 0.25) is 0 Å². The van der Waals surface area contributed by atoms with Gasteiger partial charge in [-0.1, -0.05) is 140 Å². The molecule has 0 saturated heterocycles. The Hall–Kier alpha value is -7.21. The van der Waals surface area contributed by atoms with Gasteiger partial charge in [0.15, 0.2) is 17.5 Å². The van der Waals surface area contributed by atoms with Crippen molar-refractivity contribution in [2.45, 2.75) is 0 Å². The number of para-hydroxylation sites is 2. The van der Waals surface area contributed by atoms with Crippen molar-refractivity contribution in [2.24, 2.45) is 0 Å². The highest BCUT2D eigenvalue weighted by atomic mass is 32.1. The summed E-state index contributed by atoms with van der Waals surface area (Å²) in [6, 6.07) is 68.8. The predicted molar refractivity (Wildman–Crippen MR) is 234 cm³/mol. The molecule has 0 unspecified atom stereocenters. The fourth-order valence-electron chi connectivity index (χ4n) is 8.00. The Morgan fingerprint density at radius 1 is 0.321 bits per heavy atom. The highest BCUT2D eigenvalue weighted by Crippen LogP contribution is 2.42. The van der Waals surface area contributed by atoms with Crippen molar-refractivity contribution in [3.8, 4) is 62.1 Å². The highest BCUT2D eigenvalue weighted by Gasteiger charge is 2.17. The number of nitrogens with zero attached hydrogens (tertiary/aromatic N) is 4. The van der Waals surface area contributed by atoms with Crippen LogP contribution in [0.15, 0.2) is 194 Å². The van der Waals surface area contributed by atoms with Gasteiger partial charge >= 0.3 is 0 Å². The molecular formula is C51H32N4S. The van der Waals surface area contributed by atoms with E-state index in [0.717, 1.165) is 22.4 Å². The summed E-state index contributed by atoms with van der Waals surface area (Å²) in [4.78, 5) is 14.9. The summed E-state index contributed by atoms with van der Waals surface area (Å²) in [5.74, 6) is 1.98. The molecule has 0 amide bonds. The van der Waals surface area contributed by atoms with E-state index in [0.29, 0.717) is 17.5 Å². The Balaban J connectivity index is 1.00. The van der Waals surface area contributed by atoms with Crippen molar-refractivity contribution in [3.05, 3.63) is 194 Å². The van der Waals surface area contributed by atoms with E-state index in [-0.39, 0.29) is 0 Å². The van der Waals surface area contributed by atoms with Crippen molar-refractivity contribution in [2.75, 3.05) is 0 Å². The molecule has 0 saturated carbocycles. The summed E-state index contributed by atoms with van der Waals surface area (Å²) in [7, 11) is 0. The number of rotatable bonds is 6. The van der Waals surface area contributed by atoms with Crippen LogP contribution in [0.4, 0.5) is 0 Å². The second-order valence-electron chi connectivity index (χ2n) is 14.0. The number of hydrogen-bond acceptors (Lipinski definition) is 4. The number of aromatic nitrogens is 4. The minimum atomic E-state index is 0.661. The molecule has 4 nitrogen and oxygen atoms in total. The normalized spacial score (nSPS) is 11.6. The van der Waals surface area contributed by atoms with E-state index in [1.165, 1.54) is 64.2 Å². The first-order chi connectivity index (χ1) is 27.7. The maximum atomic E-state index is 5.00. The van der Waals surface area contributed by atoms with Crippen molar-refractivity contribution in [3.63, 3.8) is 0 Å². The Morgan fingerprint density at radius 3 is 1.54 bits per heavy atom. The maximum absolute atomic E-state index is 5.00. The molecule has 262 valence electrons. The Kier molecular flexibility index (Phi) is 7.64. The summed E-state index contributed by atoms with van der Waals surface area (Å²) in [6.07, 6.45) is 0. The zero-order valence-corrected chi connectivity index (χ0v) is 31.0. The standard InChI is InChI=1S/C51H32N4S/c1-4-14-33(15-5-1)49-52-50(34-16-6-2-7-17-34)54-51(53-49)37-26-29-47-44(31-37)42-27-24-36(32-48(42)56-47)40-21-11-10-20-39(40)35-25-28-46-43(30-35)41-22-12-13-23-45(41)55(46)38-18-8-3-9-19-38/h1-32H. The lowest BCUT2D eigenvalue weighted by atomic mass is 9.93. The van der Waals surface area contributed by atoms with Crippen LogP contribution in [-0.2, 0) is 0 Å². The van der Waals surface area contributed by atoms with Crippen LogP contribution < -0.4 is 0 Å². The van der Waals surface area contributed by atoms with Crippen LogP contribution in [-0.4, -0.2) is 19.5 Å². The molecule has 0 N–H and O–H groups in total. The van der Waals surface area contributed by atoms with Crippen LogP contribution >= 0.6 is 11.3 Å². The zero-order valence-electron chi connectivity index (χ0n) is 30.2. The molecule has 3 aromatic heterocycles. The second kappa shape index (κ2) is 13.3. The number of hydrogen-bond donors (Lipinski definition) is 0. The van der Waals surface area contributed by atoms with Crippen molar-refractivity contribution in [1.82, 2.24) is 19.5 Å². The van der Waals surface area contributed by atoms with E-state index in [9.17, 15) is 0 Å². The lowest BCUT2D eigenvalue weighted by Crippen LogP contribution is -2.00. The Morgan fingerprint density at radius 2 is 0.839 bits per heavy atom. The van der Waals surface area contributed by atoms with Crippen LogP contribution in [0.1, 0.15) is 0 Å². The van der Waals surface area contributed by atoms with E-state index in [1.807, 2.05) is 72.0 Å². The minimum Gasteiger partial charge on any atom is -0.309 e. The van der Waals surface area contributed by atoms with Crippen molar-refractivity contribution in [1.29, 1.82) is 0 Å². The van der Waals surface area contributed by atoms with E-state index >= 15 is 0 Å². The molecule has 11 rings (SSSR count). The summed E-state index contributed by atoms with van der Waals surface area (Å²) >= 11 is 1.82. The molecule has 0 radical (unpaired) electrons. The van der Waals surface area contributed by atoms with Gasteiger partial charge in [-0.15, -0.1) is 11.3 Å². The van der Waals surface area contributed by atoms with Crippen LogP contribution in [0, 0.1) is 0 Å². The average molecular weight is 733 g/mol. The molecule has 0 aliphatic carbocycles. The van der Waals surface area contributed by atoms with Gasteiger partial charge in [-0.25, -0.2) is 15.0 Å². The number of thiophene rings is 1. The van der Waals surface area contributed by atoms with E-state index in [2.05, 4.69) is 138 Å². The van der Waals surface area contributed by atoms with Gasteiger partial charge < -0.3 is 4.57 Å². The Labute approximate surface area is 327 Å². The second-order valence-corrected chi connectivity index (χ2v) is 15.1. The Bertz CT molecular complexity index is 3180. The van der Waals surface area contributed by atoms with Gasteiger partial charge in [-0.05, 0) is 76.9 Å².